The van der Waals surface area contributed by atoms with Crippen LogP contribution in [0, 0.1) is 11.3 Å². The van der Waals surface area contributed by atoms with E-state index in [4.69, 9.17) is 16.9 Å². The van der Waals surface area contributed by atoms with E-state index >= 15 is 0 Å². The van der Waals surface area contributed by atoms with Crippen molar-refractivity contribution < 1.29 is 8.42 Å². The van der Waals surface area contributed by atoms with Gasteiger partial charge in [-0.1, -0.05) is 17.7 Å². The number of sulfonamides is 1. The molecule has 2 rings (SSSR count). The van der Waals surface area contributed by atoms with Crippen LogP contribution in [0.2, 0.25) is 4.34 Å². The summed E-state index contributed by atoms with van der Waals surface area (Å²) in [5.74, 6) is 0. The van der Waals surface area contributed by atoms with E-state index in [9.17, 15) is 8.42 Å². The van der Waals surface area contributed by atoms with Crippen molar-refractivity contribution in [1.29, 1.82) is 5.26 Å². The predicted octanol–water partition coefficient (Wildman–Crippen LogP) is 3.24. The van der Waals surface area contributed by atoms with Crippen molar-refractivity contribution in [2.45, 2.75) is 6.54 Å². The second-order valence-corrected chi connectivity index (χ2v) is 7.84. The largest absolute Gasteiger partial charge is 0.265 e. The van der Waals surface area contributed by atoms with E-state index in [-0.39, 0.29) is 6.54 Å². The first-order valence-corrected chi connectivity index (χ1v) is 8.66. The number of halogens is 1. The van der Waals surface area contributed by atoms with Crippen molar-refractivity contribution in [2.24, 2.45) is 0 Å². The van der Waals surface area contributed by atoms with Gasteiger partial charge in [-0.2, -0.15) is 5.26 Å². The Hall–Kier alpha value is -1.55. The Labute approximate surface area is 126 Å². The number of benzene rings is 1. The summed E-state index contributed by atoms with van der Waals surface area (Å²) >= 11 is 7.19. The minimum Gasteiger partial charge on any atom is -0.265 e. The van der Waals surface area contributed by atoms with Crippen LogP contribution in [0.25, 0.3) is 0 Å². The van der Waals surface area contributed by atoms with Crippen LogP contribution in [0.15, 0.2) is 36.4 Å². The highest BCUT2D eigenvalue weighted by atomic mass is 35.5. The van der Waals surface area contributed by atoms with Gasteiger partial charge >= 0.3 is 0 Å². The number of nitrogens with zero attached hydrogens (tertiary/aromatic N) is 2. The van der Waals surface area contributed by atoms with Gasteiger partial charge in [0.25, 0.3) is 0 Å². The molecule has 0 atom stereocenters. The van der Waals surface area contributed by atoms with E-state index < -0.39 is 10.0 Å². The van der Waals surface area contributed by atoms with Crippen molar-refractivity contribution in [1.82, 2.24) is 0 Å². The molecule has 1 aromatic heterocycles. The van der Waals surface area contributed by atoms with Crippen molar-refractivity contribution in [2.75, 3.05) is 10.6 Å². The number of anilines is 1. The number of hydrogen-bond donors (Lipinski definition) is 0. The number of thiophene rings is 1. The van der Waals surface area contributed by atoms with Crippen molar-refractivity contribution in [3.8, 4) is 6.07 Å². The van der Waals surface area contributed by atoms with Gasteiger partial charge in [0.2, 0.25) is 10.0 Å². The average molecular weight is 327 g/mol. The van der Waals surface area contributed by atoms with Crippen molar-refractivity contribution in [3.63, 3.8) is 0 Å². The minimum atomic E-state index is -3.44. The predicted molar refractivity (Wildman–Crippen MR) is 81.5 cm³/mol. The lowest BCUT2D eigenvalue weighted by atomic mass is 10.2. The molecule has 104 valence electrons. The number of hydrogen-bond acceptors (Lipinski definition) is 4. The van der Waals surface area contributed by atoms with E-state index in [0.29, 0.717) is 15.6 Å². The van der Waals surface area contributed by atoms with Crippen molar-refractivity contribution in [3.05, 3.63) is 51.2 Å². The minimum absolute atomic E-state index is 0.200. The fourth-order valence-electron chi connectivity index (χ4n) is 1.71. The van der Waals surface area contributed by atoms with Gasteiger partial charge in [-0.05, 0) is 30.3 Å². The van der Waals surface area contributed by atoms with Crippen LogP contribution in [-0.2, 0) is 16.6 Å². The van der Waals surface area contributed by atoms with Crippen LogP contribution in [0.1, 0.15) is 10.4 Å². The van der Waals surface area contributed by atoms with Gasteiger partial charge in [0.1, 0.15) is 0 Å². The fraction of sp³-hybridized carbons (Fsp3) is 0.154. The second kappa shape index (κ2) is 5.83. The Bertz CT molecular complexity index is 763. The lowest BCUT2D eigenvalue weighted by Gasteiger charge is -2.21. The highest BCUT2D eigenvalue weighted by Crippen LogP contribution is 2.27. The average Bonchev–Trinajstić information content (AvgIpc) is 2.80. The first-order valence-electron chi connectivity index (χ1n) is 5.62. The summed E-state index contributed by atoms with van der Waals surface area (Å²) in [4.78, 5) is 0.836. The van der Waals surface area contributed by atoms with Crippen LogP contribution < -0.4 is 4.31 Å². The zero-order chi connectivity index (χ0) is 14.8. The normalized spacial score (nSPS) is 11.1. The Morgan fingerprint density at radius 3 is 2.65 bits per heavy atom. The van der Waals surface area contributed by atoms with Gasteiger partial charge < -0.3 is 0 Å². The fourth-order valence-corrected chi connectivity index (χ4v) is 3.74. The number of rotatable bonds is 4. The maximum atomic E-state index is 12.0. The molecule has 0 fully saturated rings. The van der Waals surface area contributed by atoms with Gasteiger partial charge in [0, 0.05) is 4.88 Å². The molecule has 4 nitrogen and oxygen atoms in total. The zero-order valence-corrected chi connectivity index (χ0v) is 13.0. The van der Waals surface area contributed by atoms with Gasteiger partial charge in [0.05, 0.1) is 34.5 Å². The molecule has 0 unspecified atom stereocenters. The molecular formula is C13H11ClN2O2S2. The van der Waals surface area contributed by atoms with Crippen LogP contribution >= 0.6 is 22.9 Å². The Balaban J connectivity index is 2.40. The molecule has 0 amide bonds. The highest BCUT2D eigenvalue weighted by molar-refractivity contribution is 7.92. The summed E-state index contributed by atoms with van der Waals surface area (Å²) in [7, 11) is -3.44. The van der Waals surface area contributed by atoms with Crippen LogP contribution in [0.4, 0.5) is 5.69 Å². The molecule has 0 saturated carbocycles. The molecular weight excluding hydrogens is 316 g/mol. The zero-order valence-electron chi connectivity index (χ0n) is 10.6. The monoisotopic (exact) mass is 326 g/mol. The second-order valence-electron chi connectivity index (χ2n) is 4.14. The van der Waals surface area contributed by atoms with Gasteiger partial charge in [-0.25, -0.2) is 8.42 Å². The SMILES string of the molecule is CS(=O)(=O)N(Cc1ccc(Cl)s1)c1cccc(C#N)c1. The Morgan fingerprint density at radius 1 is 1.35 bits per heavy atom. The third kappa shape index (κ3) is 3.51. The van der Waals surface area contributed by atoms with E-state index in [1.165, 1.54) is 15.6 Å². The molecule has 2 aromatic rings. The molecule has 0 aliphatic heterocycles. The van der Waals surface area contributed by atoms with E-state index in [2.05, 4.69) is 0 Å². The van der Waals surface area contributed by atoms with Crippen LogP contribution in [0.5, 0.6) is 0 Å². The van der Waals surface area contributed by atoms with Gasteiger partial charge in [-0.3, -0.25) is 4.31 Å². The first-order chi connectivity index (χ1) is 9.40. The van der Waals surface area contributed by atoms with Gasteiger partial charge in [0.15, 0.2) is 0 Å². The molecule has 0 aliphatic carbocycles. The molecule has 0 saturated heterocycles. The summed E-state index contributed by atoms with van der Waals surface area (Å²) in [6, 6.07) is 12.0. The highest BCUT2D eigenvalue weighted by Gasteiger charge is 2.19. The smallest absolute Gasteiger partial charge is 0.232 e. The van der Waals surface area contributed by atoms with Gasteiger partial charge in [-0.15, -0.1) is 11.3 Å². The molecule has 7 heteroatoms. The lowest BCUT2D eigenvalue weighted by molar-refractivity contribution is 0.596. The maximum Gasteiger partial charge on any atom is 0.232 e. The summed E-state index contributed by atoms with van der Waals surface area (Å²) < 4.78 is 25.8. The van der Waals surface area contributed by atoms with E-state index in [1.54, 1.807) is 36.4 Å². The van der Waals surface area contributed by atoms with E-state index in [0.717, 1.165) is 11.1 Å². The molecule has 20 heavy (non-hydrogen) atoms. The third-order valence-corrected chi connectivity index (χ3v) is 4.95. The Morgan fingerprint density at radius 2 is 2.10 bits per heavy atom. The Kier molecular flexibility index (Phi) is 4.33. The van der Waals surface area contributed by atoms with Crippen molar-refractivity contribution >= 4 is 38.6 Å². The summed E-state index contributed by atoms with van der Waals surface area (Å²) in [5, 5.41) is 8.91. The lowest BCUT2D eigenvalue weighted by Crippen LogP contribution is -2.28. The molecule has 0 N–H and O–H groups in total. The summed E-state index contributed by atoms with van der Waals surface area (Å²) in [5.41, 5.74) is 0.886. The molecule has 0 spiro atoms. The maximum absolute atomic E-state index is 12.0. The molecule has 0 bridgehead atoms. The standard InChI is InChI=1S/C13H11ClN2O2S2/c1-20(17,18)16(9-12-5-6-13(14)19-12)11-4-2-3-10(7-11)8-15/h2-7H,9H2,1H3. The molecule has 0 aliphatic rings. The molecule has 1 heterocycles. The van der Waals surface area contributed by atoms with Crippen LogP contribution in [-0.4, -0.2) is 14.7 Å². The molecule has 1 aromatic carbocycles. The third-order valence-electron chi connectivity index (χ3n) is 2.59. The van der Waals surface area contributed by atoms with E-state index in [1.807, 2.05) is 6.07 Å². The van der Waals surface area contributed by atoms with Crippen LogP contribution in [0.3, 0.4) is 0 Å². The summed E-state index contributed by atoms with van der Waals surface area (Å²) in [6.07, 6.45) is 1.14. The summed E-state index contributed by atoms with van der Waals surface area (Å²) in [6.45, 7) is 0.200. The first kappa shape index (κ1) is 14.9. The quantitative estimate of drug-likeness (QED) is 0.866. The number of nitriles is 1. The topological polar surface area (TPSA) is 61.2 Å². The molecule has 0 radical (unpaired) electrons.